The highest BCUT2D eigenvalue weighted by Crippen LogP contribution is 2.49. The fourth-order valence-corrected chi connectivity index (χ4v) is 4.73. The number of carbonyl (C=O) groups excluding carboxylic acids is 1. The molecule has 2 aromatic carbocycles. The summed E-state index contributed by atoms with van der Waals surface area (Å²) in [7, 11) is 0. The van der Waals surface area contributed by atoms with Gasteiger partial charge in [-0.25, -0.2) is 5.01 Å². The highest BCUT2D eigenvalue weighted by Gasteiger charge is 2.52. The monoisotopic (exact) mass is 427 g/mol. The van der Waals surface area contributed by atoms with E-state index in [1.165, 1.54) is 12.1 Å². The summed E-state index contributed by atoms with van der Waals surface area (Å²) in [4.78, 5) is 13.7. The van der Waals surface area contributed by atoms with E-state index in [9.17, 15) is 13.6 Å². The van der Waals surface area contributed by atoms with E-state index in [2.05, 4.69) is 15.8 Å². The van der Waals surface area contributed by atoms with Gasteiger partial charge in [-0.15, -0.1) is 0 Å². The van der Waals surface area contributed by atoms with Crippen LogP contribution in [0.3, 0.4) is 0 Å². The van der Waals surface area contributed by atoms with Crippen LogP contribution in [0.1, 0.15) is 43.4 Å². The van der Waals surface area contributed by atoms with Crippen LogP contribution in [0.25, 0.3) is 0 Å². The number of carbonyl (C=O) groups is 1. The highest BCUT2D eigenvalue weighted by atomic mass is 19.3. The highest BCUT2D eigenvalue weighted by molar-refractivity contribution is 6.02. The lowest BCUT2D eigenvalue weighted by molar-refractivity contribution is -0.158. The van der Waals surface area contributed by atoms with Gasteiger partial charge in [0.1, 0.15) is 11.5 Å². The Hall–Kier alpha value is -3.16. The van der Waals surface area contributed by atoms with Crippen LogP contribution in [0.4, 0.5) is 8.78 Å². The number of benzene rings is 2. The molecule has 0 bridgehead atoms. The molecule has 0 aliphatic carbocycles. The maximum Gasteiger partial charge on any atom is 0.387 e. The average Bonchev–Trinajstić information content (AvgIpc) is 3.21. The van der Waals surface area contributed by atoms with E-state index in [1.54, 1.807) is 19.1 Å². The van der Waals surface area contributed by atoms with Crippen LogP contribution < -0.4 is 9.47 Å². The Balaban J connectivity index is 1.47. The number of alkyl halides is 2. The summed E-state index contributed by atoms with van der Waals surface area (Å²) in [5, 5.41) is 7.01. The molecular formula is C23H23F2N3O3. The van der Waals surface area contributed by atoms with Crippen LogP contribution >= 0.6 is 0 Å². The van der Waals surface area contributed by atoms with Gasteiger partial charge < -0.3 is 14.4 Å². The van der Waals surface area contributed by atoms with Crippen molar-refractivity contribution in [3.05, 3.63) is 59.7 Å². The molecule has 31 heavy (non-hydrogen) atoms. The van der Waals surface area contributed by atoms with Gasteiger partial charge in [-0.1, -0.05) is 18.2 Å². The van der Waals surface area contributed by atoms with Gasteiger partial charge in [-0.2, -0.15) is 13.9 Å². The molecule has 3 aliphatic rings. The van der Waals surface area contributed by atoms with E-state index in [1.807, 2.05) is 23.1 Å². The number of hydrogen-bond donors (Lipinski definition) is 0. The van der Waals surface area contributed by atoms with Gasteiger partial charge in [-0.3, -0.25) is 4.79 Å². The minimum absolute atomic E-state index is 0.0285. The normalized spacial score (nSPS) is 21.4. The molecule has 0 unspecified atom stereocenters. The molecule has 1 saturated heterocycles. The first kappa shape index (κ1) is 19.8. The van der Waals surface area contributed by atoms with Crippen molar-refractivity contribution in [3.8, 4) is 11.5 Å². The van der Waals surface area contributed by atoms with Gasteiger partial charge in [0.25, 0.3) is 0 Å². The number of nitrogens with zero attached hydrogens (tertiary/aromatic N) is 3. The van der Waals surface area contributed by atoms with Crippen LogP contribution in [0.15, 0.2) is 53.6 Å². The maximum absolute atomic E-state index is 12.5. The molecule has 1 amide bonds. The third-order valence-electron chi connectivity index (χ3n) is 6.31. The Morgan fingerprint density at radius 2 is 1.87 bits per heavy atom. The number of fused-ring (bicyclic) bond motifs is 4. The molecule has 0 saturated carbocycles. The fraction of sp³-hybridized carbons (Fsp3) is 0.391. The van der Waals surface area contributed by atoms with Crippen molar-refractivity contribution in [1.82, 2.24) is 9.91 Å². The molecule has 5 rings (SSSR count). The van der Waals surface area contributed by atoms with Gasteiger partial charge in [0.2, 0.25) is 11.6 Å². The number of hydrogen-bond acceptors (Lipinski definition) is 5. The van der Waals surface area contributed by atoms with Crippen LogP contribution in [-0.2, 0) is 4.79 Å². The summed E-state index contributed by atoms with van der Waals surface area (Å²) in [5.41, 5.74) is 2.22. The number of amides is 1. The SMILES string of the molecule is CC(=O)N1CCC2(CC1)Oc1ccccc1[C@@H]1CC(c3ccc(OC(F)F)cc3)=NN12. The average molecular weight is 427 g/mol. The Bertz CT molecular complexity index is 1020. The minimum Gasteiger partial charge on any atom is -0.466 e. The summed E-state index contributed by atoms with van der Waals surface area (Å²) in [6.45, 7) is -0.0278. The molecule has 1 atom stereocenters. The molecule has 0 radical (unpaired) electrons. The molecule has 6 nitrogen and oxygen atoms in total. The second-order valence-corrected chi connectivity index (χ2v) is 8.11. The number of para-hydroxylation sites is 1. The summed E-state index contributed by atoms with van der Waals surface area (Å²) in [5.74, 6) is 1.05. The van der Waals surface area contributed by atoms with E-state index >= 15 is 0 Å². The predicted molar refractivity (Wildman–Crippen MR) is 110 cm³/mol. The topological polar surface area (TPSA) is 54.4 Å². The largest absolute Gasteiger partial charge is 0.466 e. The Morgan fingerprint density at radius 3 is 2.55 bits per heavy atom. The summed E-state index contributed by atoms with van der Waals surface area (Å²) >= 11 is 0. The Morgan fingerprint density at radius 1 is 1.16 bits per heavy atom. The lowest BCUT2D eigenvalue weighted by Crippen LogP contribution is -2.59. The summed E-state index contributed by atoms with van der Waals surface area (Å²) in [6.07, 6.45) is 2.01. The van der Waals surface area contributed by atoms with Crippen molar-refractivity contribution in [2.45, 2.75) is 44.6 Å². The van der Waals surface area contributed by atoms with Crippen molar-refractivity contribution in [2.75, 3.05) is 13.1 Å². The Kier molecular flexibility index (Phi) is 4.79. The van der Waals surface area contributed by atoms with Crippen LogP contribution in [-0.4, -0.2) is 47.0 Å². The summed E-state index contributed by atoms with van der Waals surface area (Å²) < 4.78 is 35.9. The Labute approximate surface area is 179 Å². The first-order valence-corrected chi connectivity index (χ1v) is 10.4. The second kappa shape index (κ2) is 7.51. The van der Waals surface area contributed by atoms with Crippen molar-refractivity contribution in [1.29, 1.82) is 0 Å². The van der Waals surface area contributed by atoms with E-state index in [0.717, 1.165) is 22.6 Å². The lowest BCUT2D eigenvalue weighted by atomic mass is 9.90. The van der Waals surface area contributed by atoms with Gasteiger partial charge >= 0.3 is 6.61 Å². The molecule has 2 aromatic rings. The number of hydrazone groups is 1. The van der Waals surface area contributed by atoms with Crippen molar-refractivity contribution >= 4 is 11.6 Å². The van der Waals surface area contributed by atoms with Crippen LogP contribution in [0.2, 0.25) is 0 Å². The van der Waals surface area contributed by atoms with Crippen molar-refractivity contribution < 1.29 is 23.0 Å². The van der Waals surface area contributed by atoms with Crippen molar-refractivity contribution in [3.63, 3.8) is 0 Å². The van der Waals surface area contributed by atoms with Crippen LogP contribution in [0, 0.1) is 0 Å². The second-order valence-electron chi connectivity index (χ2n) is 8.11. The van der Waals surface area contributed by atoms with Crippen molar-refractivity contribution in [2.24, 2.45) is 5.10 Å². The minimum atomic E-state index is -2.85. The number of halogens is 2. The van der Waals surface area contributed by atoms with E-state index in [0.29, 0.717) is 32.4 Å². The maximum atomic E-state index is 12.5. The molecule has 0 N–H and O–H groups in total. The number of likely N-dealkylation sites (tertiary alicyclic amines) is 1. The van der Waals surface area contributed by atoms with Gasteiger partial charge in [-0.05, 0) is 35.9 Å². The van der Waals surface area contributed by atoms with E-state index in [4.69, 9.17) is 9.84 Å². The molecule has 1 spiro atoms. The third-order valence-corrected chi connectivity index (χ3v) is 6.31. The van der Waals surface area contributed by atoms with Gasteiger partial charge in [0.05, 0.1) is 11.8 Å². The quantitative estimate of drug-likeness (QED) is 0.738. The van der Waals surface area contributed by atoms with Gasteiger partial charge in [0.15, 0.2) is 0 Å². The molecule has 8 heteroatoms. The number of ether oxygens (including phenoxy) is 2. The molecule has 1 fully saturated rings. The number of rotatable bonds is 3. The van der Waals surface area contributed by atoms with Crippen LogP contribution in [0.5, 0.6) is 11.5 Å². The number of piperidine rings is 1. The molecule has 3 heterocycles. The zero-order valence-corrected chi connectivity index (χ0v) is 17.1. The third kappa shape index (κ3) is 3.49. The molecule has 0 aromatic heterocycles. The molecule has 162 valence electrons. The first-order valence-electron chi connectivity index (χ1n) is 10.4. The lowest BCUT2D eigenvalue weighted by Gasteiger charge is -2.51. The first-order chi connectivity index (χ1) is 14.9. The predicted octanol–water partition coefficient (Wildman–Crippen LogP) is 4.17. The van der Waals surface area contributed by atoms with E-state index < -0.39 is 12.3 Å². The smallest absolute Gasteiger partial charge is 0.387 e. The fourth-order valence-electron chi connectivity index (χ4n) is 4.73. The summed E-state index contributed by atoms with van der Waals surface area (Å²) in [6, 6.07) is 14.6. The molecule has 3 aliphatic heterocycles. The van der Waals surface area contributed by atoms with E-state index in [-0.39, 0.29) is 17.7 Å². The zero-order chi connectivity index (χ0) is 21.6. The molecular weight excluding hydrogens is 404 g/mol. The standard InChI is InChI=1S/C23H23F2N3O3/c1-15(29)27-12-10-23(11-13-27)28-20(18-4-2-3-5-21(18)31-23)14-19(26-28)16-6-8-17(9-7-16)30-22(24)25/h2-9,20,22H,10-14H2,1H3/t20-/m0/s1. The van der Waals surface area contributed by atoms with Gasteiger partial charge in [0, 0.05) is 44.8 Å². The zero-order valence-electron chi connectivity index (χ0n) is 17.1.